The molecule has 31 heavy (non-hydrogen) atoms. The third-order valence-electron chi connectivity index (χ3n) is 4.43. The van der Waals surface area contributed by atoms with Crippen LogP contribution in [-0.4, -0.2) is 24.3 Å². The maximum atomic E-state index is 12.3. The number of hydrazine groups is 1. The lowest BCUT2D eigenvalue weighted by Crippen LogP contribution is -2.41. The molecule has 0 fully saturated rings. The van der Waals surface area contributed by atoms with Gasteiger partial charge in [0.2, 0.25) is 5.91 Å². The summed E-state index contributed by atoms with van der Waals surface area (Å²) < 4.78 is 6.31. The first-order valence-corrected chi connectivity index (χ1v) is 11.2. The van der Waals surface area contributed by atoms with Crippen LogP contribution in [0.5, 0.6) is 5.75 Å². The highest BCUT2D eigenvalue weighted by Crippen LogP contribution is 2.26. The molecule has 0 aliphatic carbocycles. The summed E-state index contributed by atoms with van der Waals surface area (Å²) >= 11 is 3.40. The molecular weight excluding hydrogens is 462 g/mol. The largest absolute Gasteiger partial charge is 0.492 e. The van der Waals surface area contributed by atoms with Crippen molar-refractivity contribution in [3.8, 4) is 5.75 Å². The molecule has 166 valence electrons. The number of rotatable bonds is 10. The van der Waals surface area contributed by atoms with Crippen molar-refractivity contribution in [1.29, 1.82) is 0 Å². The van der Waals surface area contributed by atoms with Gasteiger partial charge in [-0.1, -0.05) is 26.7 Å². The summed E-state index contributed by atoms with van der Waals surface area (Å²) in [7, 11) is 0. The van der Waals surface area contributed by atoms with Gasteiger partial charge in [-0.05, 0) is 71.2 Å². The Morgan fingerprint density at radius 1 is 0.871 bits per heavy atom. The van der Waals surface area contributed by atoms with E-state index < -0.39 is 11.8 Å². The number of benzene rings is 2. The predicted molar refractivity (Wildman–Crippen MR) is 124 cm³/mol. The molecule has 2 aromatic carbocycles. The first kappa shape index (κ1) is 24.4. The summed E-state index contributed by atoms with van der Waals surface area (Å²) in [6.45, 7) is 4.72. The number of ether oxygens (including phenoxy) is 1. The van der Waals surface area contributed by atoms with Crippen LogP contribution in [0, 0.1) is 0 Å². The lowest BCUT2D eigenvalue weighted by Gasteiger charge is -2.11. The van der Waals surface area contributed by atoms with Crippen molar-refractivity contribution in [2.75, 3.05) is 11.9 Å². The predicted octanol–water partition coefficient (Wildman–Crippen LogP) is 4.83. The fourth-order valence-corrected chi connectivity index (χ4v) is 3.10. The highest BCUT2D eigenvalue weighted by Gasteiger charge is 2.12. The molecule has 0 saturated heterocycles. The summed E-state index contributed by atoms with van der Waals surface area (Å²) in [5.74, 6) is -0.306. The van der Waals surface area contributed by atoms with Gasteiger partial charge in [-0.15, -0.1) is 0 Å². The van der Waals surface area contributed by atoms with Crippen LogP contribution in [0.2, 0.25) is 0 Å². The van der Waals surface area contributed by atoms with Crippen molar-refractivity contribution >= 4 is 39.3 Å². The van der Waals surface area contributed by atoms with E-state index in [1.165, 1.54) is 0 Å². The smallest absolute Gasteiger partial charge is 0.269 e. The fourth-order valence-electron chi connectivity index (χ4n) is 2.61. The van der Waals surface area contributed by atoms with Crippen molar-refractivity contribution in [3.63, 3.8) is 0 Å². The minimum atomic E-state index is -0.462. The van der Waals surface area contributed by atoms with Gasteiger partial charge < -0.3 is 10.1 Å². The molecular formula is C23H28BrN3O4. The van der Waals surface area contributed by atoms with E-state index in [9.17, 15) is 14.4 Å². The van der Waals surface area contributed by atoms with Gasteiger partial charge in [0.05, 0.1) is 11.1 Å². The Labute approximate surface area is 191 Å². The van der Waals surface area contributed by atoms with E-state index in [1.807, 2.05) is 6.92 Å². The second-order valence-corrected chi connectivity index (χ2v) is 7.84. The third-order valence-corrected chi connectivity index (χ3v) is 5.05. The zero-order chi connectivity index (χ0) is 22.6. The lowest BCUT2D eigenvalue weighted by molar-refractivity contribution is -0.116. The van der Waals surface area contributed by atoms with Gasteiger partial charge in [-0.25, -0.2) is 0 Å². The Kier molecular flexibility index (Phi) is 10.0. The SMILES string of the molecule is CCCCOc1ccc(C(=O)NNC(=O)c2ccc(NC(=O)CCCC)cc2)cc1Br. The van der Waals surface area contributed by atoms with Gasteiger partial charge in [0.15, 0.2) is 0 Å². The number of amides is 3. The Morgan fingerprint density at radius 2 is 1.48 bits per heavy atom. The molecule has 0 aliphatic rings. The molecule has 2 aromatic rings. The standard InChI is InChI=1S/C23H28BrN3O4/c1-3-5-7-21(28)25-18-11-8-16(9-12-18)22(29)26-27-23(30)17-10-13-20(19(24)15-17)31-14-6-4-2/h8-13,15H,3-7,14H2,1-2H3,(H,25,28)(H,26,29)(H,27,30). The second kappa shape index (κ2) is 12.7. The van der Waals surface area contributed by atoms with E-state index in [4.69, 9.17) is 4.74 Å². The summed E-state index contributed by atoms with van der Waals surface area (Å²) in [5.41, 5.74) is 6.13. The van der Waals surface area contributed by atoms with E-state index in [-0.39, 0.29) is 5.91 Å². The van der Waals surface area contributed by atoms with Crippen LogP contribution in [0.4, 0.5) is 5.69 Å². The molecule has 0 saturated carbocycles. The molecule has 0 unspecified atom stereocenters. The molecule has 3 amide bonds. The van der Waals surface area contributed by atoms with Crippen LogP contribution in [0.1, 0.15) is 66.7 Å². The molecule has 3 N–H and O–H groups in total. The molecule has 8 heteroatoms. The van der Waals surface area contributed by atoms with Crippen molar-refractivity contribution in [2.45, 2.75) is 46.0 Å². The zero-order valence-corrected chi connectivity index (χ0v) is 19.4. The quantitative estimate of drug-likeness (QED) is 0.328. The average molecular weight is 490 g/mol. The van der Waals surface area contributed by atoms with Crippen LogP contribution in [0.15, 0.2) is 46.9 Å². The molecule has 0 bridgehead atoms. The van der Waals surface area contributed by atoms with E-state index >= 15 is 0 Å². The molecule has 2 rings (SSSR count). The van der Waals surface area contributed by atoms with Gasteiger partial charge in [-0.3, -0.25) is 25.2 Å². The van der Waals surface area contributed by atoms with Crippen molar-refractivity contribution < 1.29 is 19.1 Å². The first-order valence-electron chi connectivity index (χ1n) is 10.4. The van der Waals surface area contributed by atoms with Gasteiger partial charge in [-0.2, -0.15) is 0 Å². The van der Waals surface area contributed by atoms with E-state index in [2.05, 4.69) is 39.0 Å². The Morgan fingerprint density at radius 3 is 2.10 bits per heavy atom. The fraction of sp³-hybridized carbons (Fsp3) is 0.348. The molecule has 0 aromatic heterocycles. The number of hydrogen-bond acceptors (Lipinski definition) is 4. The lowest BCUT2D eigenvalue weighted by atomic mass is 10.2. The number of halogens is 1. The maximum absolute atomic E-state index is 12.3. The Balaban J connectivity index is 1.86. The number of anilines is 1. The van der Waals surface area contributed by atoms with Crippen LogP contribution < -0.4 is 20.9 Å². The molecule has 0 radical (unpaired) electrons. The normalized spacial score (nSPS) is 10.3. The van der Waals surface area contributed by atoms with Crippen LogP contribution in [0.3, 0.4) is 0 Å². The first-order chi connectivity index (χ1) is 14.9. The van der Waals surface area contributed by atoms with Gasteiger partial charge >= 0.3 is 0 Å². The van der Waals surface area contributed by atoms with Crippen LogP contribution in [0.25, 0.3) is 0 Å². The van der Waals surface area contributed by atoms with Gasteiger partial charge in [0, 0.05) is 23.2 Å². The summed E-state index contributed by atoms with van der Waals surface area (Å²) in [5, 5.41) is 2.79. The van der Waals surface area contributed by atoms with Crippen molar-refractivity contribution in [2.24, 2.45) is 0 Å². The van der Waals surface area contributed by atoms with Crippen LogP contribution in [-0.2, 0) is 4.79 Å². The average Bonchev–Trinajstić information content (AvgIpc) is 2.77. The summed E-state index contributed by atoms with van der Waals surface area (Å²) in [6.07, 6.45) is 4.23. The van der Waals surface area contributed by atoms with E-state index in [0.717, 1.165) is 25.7 Å². The molecule has 0 atom stereocenters. The number of unbranched alkanes of at least 4 members (excludes halogenated alkanes) is 2. The highest BCUT2D eigenvalue weighted by molar-refractivity contribution is 9.10. The monoisotopic (exact) mass is 489 g/mol. The minimum absolute atomic E-state index is 0.0562. The molecule has 0 aliphatic heterocycles. The molecule has 0 spiro atoms. The Bertz CT molecular complexity index is 900. The summed E-state index contributed by atoms with van der Waals surface area (Å²) in [6, 6.07) is 11.4. The number of carbonyl (C=O) groups is 3. The maximum Gasteiger partial charge on any atom is 0.269 e. The highest BCUT2D eigenvalue weighted by atomic mass is 79.9. The van der Waals surface area contributed by atoms with E-state index in [1.54, 1.807) is 42.5 Å². The van der Waals surface area contributed by atoms with Gasteiger partial charge in [0.1, 0.15) is 5.75 Å². The molecule has 7 nitrogen and oxygen atoms in total. The van der Waals surface area contributed by atoms with E-state index in [0.29, 0.717) is 40.1 Å². The number of carbonyl (C=O) groups excluding carboxylic acids is 3. The number of hydrogen-bond donors (Lipinski definition) is 3. The second-order valence-electron chi connectivity index (χ2n) is 6.98. The zero-order valence-electron chi connectivity index (χ0n) is 17.8. The van der Waals surface area contributed by atoms with Crippen molar-refractivity contribution in [1.82, 2.24) is 10.9 Å². The Hall–Kier alpha value is -2.87. The summed E-state index contributed by atoms with van der Waals surface area (Å²) in [4.78, 5) is 36.4. The van der Waals surface area contributed by atoms with Crippen LogP contribution >= 0.6 is 15.9 Å². The third kappa shape index (κ3) is 8.05. The topological polar surface area (TPSA) is 96.5 Å². The van der Waals surface area contributed by atoms with Gasteiger partial charge in [0.25, 0.3) is 11.8 Å². The minimum Gasteiger partial charge on any atom is -0.492 e. The van der Waals surface area contributed by atoms with Crippen molar-refractivity contribution in [3.05, 3.63) is 58.1 Å². The molecule has 0 heterocycles. The number of nitrogens with one attached hydrogen (secondary N) is 3.